The van der Waals surface area contributed by atoms with Gasteiger partial charge in [-0.15, -0.1) is 0 Å². The SMILES string of the molecule is O=C(NCc1cccnn1)NCC1CCC(C(=O)O)CC1. The number of carboxylic acid groups (broad SMARTS) is 1. The summed E-state index contributed by atoms with van der Waals surface area (Å²) in [6.45, 7) is 0.921. The molecule has 1 heterocycles. The number of urea groups is 1. The molecule has 0 atom stereocenters. The van der Waals surface area contributed by atoms with E-state index in [9.17, 15) is 9.59 Å². The Kier molecular flexibility index (Phi) is 5.48. The maximum atomic E-state index is 11.7. The fourth-order valence-corrected chi connectivity index (χ4v) is 2.51. The first-order valence-electron chi connectivity index (χ1n) is 7.16. The van der Waals surface area contributed by atoms with Crippen molar-refractivity contribution in [2.75, 3.05) is 6.54 Å². The fraction of sp³-hybridized carbons (Fsp3) is 0.571. The van der Waals surface area contributed by atoms with Gasteiger partial charge in [0.05, 0.1) is 18.2 Å². The fourth-order valence-electron chi connectivity index (χ4n) is 2.51. The highest BCUT2D eigenvalue weighted by Gasteiger charge is 2.25. The van der Waals surface area contributed by atoms with E-state index in [4.69, 9.17) is 5.11 Å². The van der Waals surface area contributed by atoms with Gasteiger partial charge in [-0.2, -0.15) is 10.2 Å². The first-order chi connectivity index (χ1) is 10.1. The number of carbonyl (C=O) groups excluding carboxylic acids is 1. The first-order valence-corrected chi connectivity index (χ1v) is 7.16. The van der Waals surface area contributed by atoms with E-state index in [1.165, 1.54) is 0 Å². The van der Waals surface area contributed by atoms with Crippen molar-refractivity contribution in [3.63, 3.8) is 0 Å². The number of carboxylic acids is 1. The monoisotopic (exact) mass is 292 g/mol. The molecule has 0 aromatic carbocycles. The highest BCUT2D eigenvalue weighted by Crippen LogP contribution is 2.28. The number of aromatic nitrogens is 2. The van der Waals surface area contributed by atoms with Gasteiger partial charge in [-0.25, -0.2) is 4.79 Å². The third-order valence-corrected chi connectivity index (χ3v) is 3.80. The molecule has 7 heteroatoms. The number of amides is 2. The maximum absolute atomic E-state index is 11.7. The number of nitrogens with zero attached hydrogens (tertiary/aromatic N) is 2. The lowest BCUT2D eigenvalue weighted by Gasteiger charge is -2.26. The third kappa shape index (κ3) is 5.02. The van der Waals surface area contributed by atoms with E-state index in [1.54, 1.807) is 18.3 Å². The third-order valence-electron chi connectivity index (χ3n) is 3.80. The lowest BCUT2D eigenvalue weighted by Crippen LogP contribution is -2.39. The lowest BCUT2D eigenvalue weighted by molar-refractivity contribution is -0.143. The van der Waals surface area contributed by atoms with Crippen LogP contribution in [0.5, 0.6) is 0 Å². The zero-order valence-corrected chi connectivity index (χ0v) is 11.8. The van der Waals surface area contributed by atoms with Gasteiger partial charge in [0, 0.05) is 12.7 Å². The van der Waals surface area contributed by atoms with Gasteiger partial charge in [0.15, 0.2) is 0 Å². The van der Waals surface area contributed by atoms with Crippen LogP contribution in [-0.4, -0.2) is 33.8 Å². The normalized spacial score (nSPS) is 21.5. The Morgan fingerprint density at radius 2 is 2.00 bits per heavy atom. The minimum atomic E-state index is -0.705. The molecule has 1 fully saturated rings. The number of rotatable bonds is 5. The van der Waals surface area contributed by atoms with Crippen LogP contribution in [0, 0.1) is 11.8 Å². The first kappa shape index (κ1) is 15.2. The van der Waals surface area contributed by atoms with Crippen molar-refractivity contribution in [1.29, 1.82) is 0 Å². The summed E-state index contributed by atoms with van der Waals surface area (Å²) in [6.07, 6.45) is 4.67. The van der Waals surface area contributed by atoms with Crippen molar-refractivity contribution in [1.82, 2.24) is 20.8 Å². The van der Waals surface area contributed by atoms with Crippen molar-refractivity contribution < 1.29 is 14.7 Å². The summed E-state index contributed by atoms with van der Waals surface area (Å²) < 4.78 is 0. The van der Waals surface area contributed by atoms with Crippen LogP contribution in [-0.2, 0) is 11.3 Å². The molecule has 0 bridgehead atoms. The minimum Gasteiger partial charge on any atom is -0.481 e. The quantitative estimate of drug-likeness (QED) is 0.755. The number of aliphatic carboxylic acids is 1. The van der Waals surface area contributed by atoms with Gasteiger partial charge in [-0.1, -0.05) is 0 Å². The number of hydrogen-bond donors (Lipinski definition) is 3. The summed E-state index contributed by atoms with van der Waals surface area (Å²) in [7, 11) is 0. The summed E-state index contributed by atoms with van der Waals surface area (Å²) in [5, 5.41) is 22.1. The van der Waals surface area contributed by atoms with Crippen LogP contribution in [0.3, 0.4) is 0 Å². The van der Waals surface area contributed by atoms with E-state index in [2.05, 4.69) is 20.8 Å². The topological polar surface area (TPSA) is 104 Å². The molecule has 1 aliphatic rings. The molecule has 21 heavy (non-hydrogen) atoms. The van der Waals surface area contributed by atoms with Crippen LogP contribution in [0.4, 0.5) is 4.79 Å². The highest BCUT2D eigenvalue weighted by atomic mass is 16.4. The summed E-state index contributed by atoms with van der Waals surface area (Å²) in [5.41, 5.74) is 0.703. The van der Waals surface area contributed by atoms with Crippen molar-refractivity contribution in [3.05, 3.63) is 24.0 Å². The molecule has 1 aromatic heterocycles. The predicted octanol–water partition coefficient (Wildman–Crippen LogP) is 1.17. The predicted molar refractivity (Wildman–Crippen MR) is 75.4 cm³/mol. The van der Waals surface area contributed by atoms with Gasteiger partial charge in [0.2, 0.25) is 0 Å². The molecule has 2 amide bonds. The van der Waals surface area contributed by atoms with Crippen molar-refractivity contribution >= 4 is 12.0 Å². The molecule has 2 rings (SSSR count). The van der Waals surface area contributed by atoms with Crippen molar-refractivity contribution in [3.8, 4) is 0 Å². The van der Waals surface area contributed by atoms with E-state index in [1.807, 2.05) is 0 Å². The summed E-state index contributed by atoms with van der Waals surface area (Å²) in [5.74, 6) is -0.558. The number of nitrogens with one attached hydrogen (secondary N) is 2. The zero-order valence-electron chi connectivity index (χ0n) is 11.8. The molecule has 0 radical (unpaired) electrons. The van der Waals surface area contributed by atoms with E-state index in [0.29, 0.717) is 37.5 Å². The molecule has 0 spiro atoms. The molecular weight excluding hydrogens is 272 g/mol. The molecule has 1 saturated carbocycles. The molecule has 0 saturated heterocycles. The summed E-state index contributed by atoms with van der Waals surface area (Å²) in [4.78, 5) is 22.5. The second-order valence-corrected chi connectivity index (χ2v) is 5.33. The Hall–Kier alpha value is -2.18. The van der Waals surface area contributed by atoms with Gasteiger partial charge in [0.25, 0.3) is 0 Å². The van der Waals surface area contributed by atoms with Gasteiger partial charge in [-0.05, 0) is 43.7 Å². The van der Waals surface area contributed by atoms with E-state index in [-0.39, 0.29) is 11.9 Å². The van der Waals surface area contributed by atoms with Crippen molar-refractivity contribution in [2.24, 2.45) is 11.8 Å². The standard InChI is InChI=1S/C14H20N4O3/c19-13(20)11-5-3-10(4-6-11)8-15-14(21)16-9-12-2-1-7-17-18-12/h1-2,7,10-11H,3-6,8-9H2,(H,19,20)(H2,15,16,21). The smallest absolute Gasteiger partial charge is 0.315 e. The van der Waals surface area contributed by atoms with Crippen LogP contribution >= 0.6 is 0 Å². The Morgan fingerprint density at radius 1 is 1.24 bits per heavy atom. The Morgan fingerprint density at radius 3 is 2.62 bits per heavy atom. The molecule has 0 aliphatic heterocycles. The van der Waals surface area contributed by atoms with Crippen LogP contribution in [0.15, 0.2) is 18.3 Å². The number of carbonyl (C=O) groups is 2. The highest BCUT2D eigenvalue weighted by molar-refractivity contribution is 5.73. The molecule has 1 aromatic rings. The van der Waals surface area contributed by atoms with Crippen LogP contribution in [0.2, 0.25) is 0 Å². The summed E-state index contributed by atoms with van der Waals surface area (Å²) >= 11 is 0. The second kappa shape index (κ2) is 7.56. The average Bonchev–Trinajstić information content (AvgIpc) is 2.52. The van der Waals surface area contributed by atoms with Gasteiger partial charge in [-0.3, -0.25) is 4.79 Å². The van der Waals surface area contributed by atoms with Gasteiger partial charge < -0.3 is 15.7 Å². The maximum Gasteiger partial charge on any atom is 0.315 e. The van der Waals surface area contributed by atoms with Crippen LogP contribution < -0.4 is 10.6 Å². The molecule has 3 N–H and O–H groups in total. The van der Waals surface area contributed by atoms with Crippen LogP contribution in [0.25, 0.3) is 0 Å². The van der Waals surface area contributed by atoms with E-state index >= 15 is 0 Å². The van der Waals surface area contributed by atoms with E-state index < -0.39 is 5.97 Å². The lowest BCUT2D eigenvalue weighted by atomic mass is 9.82. The molecule has 1 aliphatic carbocycles. The average molecular weight is 292 g/mol. The minimum absolute atomic E-state index is 0.216. The number of hydrogen-bond acceptors (Lipinski definition) is 4. The van der Waals surface area contributed by atoms with E-state index in [0.717, 1.165) is 12.8 Å². The second-order valence-electron chi connectivity index (χ2n) is 5.33. The Labute approximate surface area is 123 Å². The zero-order chi connectivity index (χ0) is 15.1. The van der Waals surface area contributed by atoms with Crippen molar-refractivity contribution in [2.45, 2.75) is 32.2 Å². The van der Waals surface area contributed by atoms with Gasteiger partial charge >= 0.3 is 12.0 Å². The Bertz CT molecular complexity index is 472. The molecular formula is C14H20N4O3. The van der Waals surface area contributed by atoms with Crippen LogP contribution in [0.1, 0.15) is 31.4 Å². The van der Waals surface area contributed by atoms with Gasteiger partial charge in [0.1, 0.15) is 0 Å². The largest absolute Gasteiger partial charge is 0.481 e. The molecule has 114 valence electrons. The molecule has 7 nitrogen and oxygen atoms in total. The molecule has 0 unspecified atom stereocenters. The Balaban J connectivity index is 1.62. The summed E-state index contributed by atoms with van der Waals surface area (Å²) in [6, 6.07) is 3.32.